The Morgan fingerprint density at radius 3 is 2.65 bits per heavy atom. The van der Waals surface area contributed by atoms with Gasteiger partial charge in [0.2, 0.25) is 10.0 Å². The topological polar surface area (TPSA) is 81.4 Å². The van der Waals surface area contributed by atoms with E-state index in [0.717, 1.165) is 32.1 Å². The molecule has 0 aromatic carbocycles. The largest absolute Gasteiger partial charge is 0.377 e. The molecule has 0 amide bonds. The van der Waals surface area contributed by atoms with Gasteiger partial charge in [-0.05, 0) is 38.0 Å². The molecule has 5 nitrogen and oxygen atoms in total. The van der Waals surface area contributed by atoms with Crippen molar-refractivity contribution in [3.8, 4) is 0 Å². The molecule has 2 rings (SSSR count). The van der Waals surface area contributed by atoms with Crippen molar-refractivity contribution < 1.29 is 13.2 Å². The number of ether oxygens (including phenoxy) is 1. The molecule has 1 saturated heterocycles. The average Bonchev–Trinajstić information content (AvgIpc) is 3.10. The van der Waals surface area contributed by atoms with Gasteiger partial charge in [0, 0.05) is 19.2 Å². The van der Waals surface area contributed by atoms with Crippen LogP contribution in [0.2, 0.25) is 0 Å². The zero-order valence-electron chi connectivity index (χ0n) is 10.1. The molecule has 17 heavy (non-hydrogen) atoms. The van der Waals surface area contributed by atoms with Crippen LogP contribution in [0.25, 0.3) is 0 Å². The second kappa shape index (κ2) is 5.65. The predicted octanol–water partition coefficient (Wildman–Crippen LogP) is 0.212. The van der Waals surface area contributed by atoms with Crippen LogP contribution >= 0.6 is 0 Å². The minimum Gasteiger partial charge on any atom is -0.377 e. The quantitative estimate of drug-likeness (QED) is 0.717. The third-order valence-corrected chi connectivity index (χ3v) is 4.86. The van der Waals surface area contributed by atoms with Gasteiger partial charge in [-0.25, -0.2) is 13.1 Å². The summed E-state index contributed by atoms with van der Waals surface area (Å²) in [5.74, 6) is 0.591. The Kier molecular flexibility index (Phi) is 4.41. The first kappa shape index (κ1) is 13.3. The third-order valence-electron chi connectivity index (χ3n) is 3.45. The van der Waals surface area contributed by atoms with Crippen molar-refractivity contribution in [1.82, 2.24) is 4.72 Å². The van der Waals surface area contributed by atoms with Crippen LogP contribution in [0, 0.1) is 5.92 Å². The van der Waals surface area contributed by atoms with E-state index in [1.165, 1.54) is 0 Å². The normalized spacial score (nSPS) is 27.9. The molecule has 1 heterocycles. The van der Waals surface area contributed by atoms with Gasteiger partial charge in [-0.2, -0.15) is 0 Å². The van der Waals surface area contributed by atoms with E-state index in [1.54, 1.807) is 0 Å². The lowest BCUT2D eigenvalue weighted by atomic mass is 10.1. The average molecular weight is 262 g/mol. The number of rotatable bonds is 6. The Labute approximate surface area is 103 Å². The Morgan fingerprint density at radius 1 is 1.29 bits per heavy atom. The van der Waals surface area contributed by atoms with Gasteiger partial charge in [0.05, 0.1) is 11.9 Å². The molecule has 2 atom stereocenters. The maximum atomic E-state index is 11.8. The summed E-state index contributed by atoms with van der Waals surface area (Å²) >= 11 is 0. The number of sulfonamides is 1. The molecule has 0 aromatic rings. The summed E-state index contributed by atoms with van der Waals surface area (Å²) in [6.07, 6.45) is 5.07. The first-order valence-corrected chi connectivity index (χ1v) is 8.06. The molecular formula is C11H22N2O3S. The number of nitrogens with two attached hydrogens (primary N) is 1. The van der Waals surface area contributed by atoms with E-state index >= 15 is 0 Å². The first-order valence-electron chi connectivity index (χ1n) is 6.41. The molecule has 3 N–H and O–H groups in total. The Bertz CT molecular complexity index is 335. The van der Waals surface area contributed by atoms with Crippen LogP contribution in [0.15, 0.2) is 0 Å². The van der Waals surface area contributed by atoms with Crippen LogP contribution in [0.4, 0.5) is 0 Å². The molecule has 0 radical (unpaired) electrons. The maximum Gasteiger partial charge on any atom is 0.214 e. The van der Waals surface area contributed by atoms with Gasteiger partial charge in [0.1, 0.15) is 0 Å². The summed E-state index contributed by atoms with van der Waals surface area (Å²) in [6.45, 7) is 1.04. The lowest BCUT2D eigenvalue weighted by molar-refractivity contribution is 0.0304. The van der Waals surface area contributed by atoms with Gasteiger partial charge in [0.15, 0.2) is 0 Å². The maximum absolute atomic E-state index is 11.8. The second-order valence-corrected chi connectivity index (χ2v) is 6.97. The molecular weight excluding hydrogens is 240 g/mol. The lowest BCUT2D eigenvalue weighted by Gasteiger charge is -2.22. The SMILES string of the molecule is NC(CNS(=O)(=O)CC1CCCCO1)C1CC1. The Hall–Kier alpha value is -0.170. The molecule has 1 aliphatic carbocycles. The lowest BCUT2D eigenvalue weighted by Crippen LogP contribution is -2.42. The molecule has 0 spiro atoms. The van der Waals surface area contributed by atoms with E-state index in [2.05, 4.69) is 4.72 Å². The summed E-state index contributed by atoms with van der Waals surface area (Å²) < 4.78 is 31.6. The van der Waals surface area contributed by atoms with Gasteiger partial charge >= 0.3 is 0 Å². The van der Waals surface area contributed by atoms with E-state index in [9.17, 15) is 8.42 Å². The highest BCUT2D eigenvalue weighted by Gasteiger charge is 2.29. The summed E-state index contributed by atoms with van der Waals surface area (Å²) in [5.41, 5.74) is 5.86. The Balaban J connectivity index is 1.73. The highest BCUT2D eigenvalue weighted by Crippen LogP contribution is 2.31. The van der Waals surface area contributed by atoms with E-state index in [1.807, 2.05) is 0 Å². The van der Waals surface area contributed by atoms with Crippen molar-refractivity contribution in [3.63, 3.8) is 0 Å². The predicted molar refractivity (Wildman–Crippen MR) is 66.1 cm³/mol. The fourth-order valence-corrected chi connectivity index (χ4v) is 3.47. The molecule has 2 aliphatic rings. The first-order chi connectivity index (χ1) is 8.07. The van der Waals surface area contributed by atoms with Crippen LogP contribution in [-0.2, 0) is 14.8 Å². The fraction of sp³-hybridized carbons (Fsp3) is 1.00. The number of hydrogen-bond donors (Lipinski definition) is 2. The molecule has 100 valence electrons. The summed E-state index contributed by atoms with van der Waals surface area (Å²) in [4.78, 5) is 0. The van der Waals surface area contributed by atoms with Crippen molar-refractivity contribution in [3.05, 3.63) is 0 Å². The fourth-order valence-electron chi connectivity index (χ4n) is 2.16. The van der Waals surface area contributed by atoms with Crippen LogP contribution in [0.1, 0.15) is 32.1 Å². The summed E-state index contributed by atoms with van der Waals surface area (Å²) in [7, 11) is -3.24. The molecule has 1 aliphatic heterocycles. The monoisotopic (exact) mass is 262 g/mol. The van der Waals surface area contributed by atoms with Gasteiger partial charge in [-0.15, -0.1) is 0 Å². The van der Waals surface area contributed by atoms with E-state index in [-0.39, 0.29) is 17.9 Å². The van der Waals surface area contributed by atoms with Crippen LogP contribution < -0.4 is 10.5 Å². The highest BCUT2D eigenvalue weighted by molar-refractivity contribution is 7.89. The smallest absolute Gasteiger partial charge is 0.214 e. The molecule has 2 unspecified atom stereocenters. The van der Waals surface area contributed by atoms with Crippen molar-refractivity contribution in [2.45, 2.75) is 44.2 Å². The zero-order chi connectivity index (χ0) is 12.3. The molecule has 1 saturated carbocycles. The van der Waals surface area contributed by atoms with Crippen molar-refractivity contribution in [2.24, 2.45) is 11.7 Å². The highest BCUT2D eigenvalue weighted by atomic mass is 32.2. The van der Waals surface area contributed by atoms with Crippen molar-refractivity contribution in [1.29, 1.82) is 0 Å². The zero-order valence-corrected chi connectivity index (χ0v) is 10.9. The van der Waals surface area contributed by atoms with Gasteiger partial charge < -0.3 is 10.5 Å². The number of nitrogens with one attached hydrogen (secondary N) is 1. The molecule has 6 heteroatoms. The van der Waals surface area contributed by atoms with Crippen LogP contribution in [0.3, 0.4) is 0 Å². The third kappa shape index (κ3) is 4.54. The van der Waals surface area contributed by atoms with Crippen molar-refractivity contribution in [2.75, 3.05) is 18.9 Å². The van der Waals surface area contributed by atoms with Crippen molar-refractivity contribution >= 4 is 10.0 Å². The summed E-state index contributed by atoms with van der Waals surface area (Å²) in [6, 6.07) is -0.0305. The van der Waals surface area contributed by atoms with E-state index in [0.29, 0.717) is 19.1 Å². The van der Waals surface area contributed by atoms with Crippen LogP contribution in [0.5, 0.6) is 0 Å². The number of hydrogen-bond acceptors (Lipinski definition) is 4. The molecule has 2 fully saturated rings. The molecule has 0 bridgehead atoms. The molecule has 0 aromatic heterocycles. The van der Waals surface area contributed by atoms with Gasteiger partial charge in [0.25, 0.3) is 0 Å². The van der Waals surface area contributed by atoms with Crippen LogP contribution in [-0.4, -0.2) is 39.5 Å². The Morgan fingerprint density at radius 2 is 2.06 bits per heavy atom. The standard InChI is InChI=1S/C11H22N2O3S/c12-11(9-4-5-9)7-13-17(14,15)8-10-3-1-2-6-16-10/h9-11,13H,1-8,12H2. The summed E-state index contributed by atoms with van der Waals surface area (Å²) in [5, 5.41) is 0. The minimum absolute atomic E-state index is 0.0305. The van der Waals surface area contributed by atoms with Gasteiger partial charge in [-0.3, -0.25) is 0 Å². The van der Waals surface area contributed by atoms with E-state index < -0.39 is 10.0 Å². The van der Waals surface area contributed by atoms with E-state index in [4.69, 9.17) is 10.5 Å². The minimum atomic E-state index is -3.24. The second-order valence-electron chi connectivity index (χ2n) is 5.12. The van der Waals surface area contributed by atoms with Gasteiger partial charge in [-0.1, -0.05) is 0 Å².